The quantitative estimate of drug-likeness (QED) is 0.666. The first-order valence-corrected chi connectivity index (χ1v) is 9.02. The van der Waals surface area contributed by atoms with E-state index < -0.39 is 0 Å². The summed E-state index contributed by atoms with van der Waals surface area (Å²) >= 11 is 0. The molecular formula is C22H18O7. The molecule has 2 aliphatic rings. The van der Waals surface area contributed by atoms with Crippen molar-refractivity contribution in [3.05, 3.63) is 35.9 Å². The zero-order valence-electron chi connectivity index (χ0n) is 16.2. The minimum atomic E-state index is -0.127. The van der Waals surface area contributed by atoms with Gasteiger partial charge < -0.3 is 28.4 Å². The number of benzene rings is 3. The molecule has 3 aromatic carbocycles. The summed E-state index contributed by atoms with van der Waals surface area (Å²) in [5.41, 5.74) is 2.02. The van der Waals surface area contributed by atoms with E-state index >= 15 is 0 Å². The van der Waals surface area contributed by atoms with Crippen molar-refractivity contribution in [1.82, 2.24) is 0 Å². The van der Waals surface area contributed by atoms with E-state index in [1.54, 1.807) is 21.3 Å². The van der Waals surface area contributed by atoms with Gasteiger partial charge in [0, 0.05) is 16.3 Å². The molecule has 7 heteroatoms. The molecule has 0 fully saturated rings. The maximum absolute atomic E-state index is 12.6. The van der Waals surface area contributed by atoms with Crippen molar-refractivity contribution < 1.29 is 33.2 Å². The lowest BCUT2D eigenvalue weighted by atomic mass is 9.92. The molecule has 0 saturated heterocycles. The van der Waals surface area contributed by atoms with E-state index in [0.29, 0.717) is 40.1 Å². The van der Waals surface area contributed by atoms with Crippen molar-refractivity contribution in [3.8, 4) is 45.6 Å². The lowest BCUT2D eigenvalue weighted by molar-refractivity contribution is 0.0959. The van der Waals surface area contributed by atoms with Gasteiger partial charge in [0.1, 0.15) is 17.1 Å². The van der Waals surface area contributed by atoms with Gasteiger partial charge in [0.15, 0.2) is 29.6 Å². The molecule has 29 heavy (non-hydrogen) atoms. The van der Waals surface area contributed by atoms with Crippen LogP contribution in [0.4, 0.5) is 0 Å². The summed E-state index contributed by atoms with van der Waals surface area (Å²) in [6.07, 6.45) is 0. The second-order valence-corrected chi connectivity index (χ2v) is 6.65. The highest BCUT2D eigenvalue weighted by Gasteiger charge is 2.33. The molecule has 2 aliphatic heterocycles. The van der Waals surface area contributed by atoms with Gasteiger partial charge in [0.25, 0.3) is 0 Å². The van der Waals surface area contributed by atoms with Crippen LogP contribution < -0.4 is 28.4 Å². The molecule has 7 nitrogen and oxygen atoms in total. The zero-order chi connectivity index (χ0) is 20.1. The number of Topliss-reactive ketones (excluding diaryl/α,β-unsaturated/α-hetero) is 1. The molecule has 0 bridgehead atoms. The Hall–Kier alpha value is -3.61. The minimum Gasteiger partial charge on any atom is -0.495 e. The van der Waals surface area contributed by atoms with Crippen molar-refractivity contribution in [1.29, 1.82) is 0 Å². The van der Waals surface area contributed by atoms with Gasteiger partial charge in [-0.05, 0) is 29.8 Å². The van der Waals surface area contributed by atoms with Gasteiger partial charge in [-0.3, -0.25) is 4.79 Å². The average molecular weight is 394 g/mol. The number of rotatable bonds is 4. The van der Waals surface area contributed by atoms with Crippen LogP contribution in [0.2, 0.25) is 0 Å². The predicted octanol–water partition coefficient (Wildman–Crippen LogP) is 3.84. The third-order valence-corrected chi connectivity index (χ3v) is 5.21. The van der Waals surface area contributed by atoms with Gasteiger partial charge in [-0.25, -0.2) is 0 Å². The summed E-state index contributed by atoms with van der Waals surface area (Å²) in [6.45, 7) is 0.115. The molecule has 5 rings (SSSR count). The first-order chi connectivity index (χ1) is 14.2. The lowest BCUT2D eigenvalue weighted by Gasteiger charge is -2.17. The Morgan fingerprint density at radius 3 is 2.21 bits per heavy atom. The van der Waals surface area contributed by atoms with E-state index in [2.05, 4.69) is 0 Å². The number of carbonyl (C=O) groups is 1. The largest absolute Gasteiger partial charge is 0.495 e. The van der Waals surface area contributed by atoms with Gasteiger partial charge in [-0.1, -0.05) is 6.07 Å². The van der Waals surface area contributed by atoms with Crippen molar-refractivity contribution in [2.75, 3.05) is 34.7 Å². The summed E-state index contributed by atoms with van der Waals surface area (Å²) in [5.74, 6) is 3.27. The van der Waals surface area contributed by atoms with Gasteiger partial charge in [0.05, 0.1) is 21.3 Å². The van der Waals surface area contributed by atoms with E-state index in [-0.39, 0.29) is 19.2 Å². The van der Waals surface area contributed by atoms with Crippen molar-refractivity contribution in [3.63, 3.8) is 0 Å². The molecule has 0 aromatic heterocycles. The van der Waals surface area contributed by atoms with Crippen LogP contribution >= 0.6 is 0 Å². The van der Waals surface area contributed by atoms with Crippen LogP contribution in [0.15, 0.2) is 30.3 Å². The number of fused-ring (bicyclic) bond motifs is 3. The van der Waals surface area contributed by atoms with Crippen LogP contribution in [0.5, 0.6) is 34.5 Å². The molecule has 0 saturated carbocycles. The van der Waals surface area contributed by atoms with Gasteiger partial charge >= 0.3 is 0 Å². The van der Waals surface area contributed by atoms with E-state index in [0.717, 1.165) is 21.9 Å². The molecular weight excluding hydrogens is 376 g/mol. The highest BCUT2D eigenvalue weighted by Crippen LogP contribution is 2.52. The number of carbonyl (C=O) groups excluding carboxylic acids is 1. The van der Waals surface area contributed by atoms with Crippen LogP contribution in [-0.4, -0.2) is 40.5 Å². The number of hydrogen-bond donors (Lipinski definition) is 0. The standard InChI is InChI=1S/C22H18O7/c1-24-15-5-4-11(6-16(15)25-2)19-12-7-17-18(29-10-28-17)8-13(12)21(26-3)20-14(23)9-27-22(19)20/h4-8H,9-10H2,1-3H3. The number of methoxy groups -OCH3 is 3. The Kier molecular flexibility index (Phi) is 3.91. The van der Waals surface area contributed by atoms with Crippen LogP contribution in [0.1, 0.15) is 10.4 Å². The van der Waals surface area contributed by atoms with E-state index in [1.807, 2.05) is 30.3 Å². The summed E-state index contributed by atoms with van der Waals surface area (Å²) in [6, 6.07) is 9.31. The van der Waals surface area contributed by atoms with Crippen molar-refractivity contribution in [2.45, 2.75) is 0 Å². The van der Waals surface area contributed by atoms with Gasteiger partial charge in [-0.15, -0.1) is 0 Å². The number of hydrogen-bond acceptors (Lipinski definition) is 7. The Labute approximate surface area is 166 Å². The molecule has 0 amide bonds. The maximum atomic E-state index is 12.6. The van der Waals surface area contributed by atoms with Crippen molar-refractivity contribution in [2.24, 2.45) is 0 Å². The molecule has 0 spiro atoms. The van der Waals surface area contributed by atoms with E-state index in [9.17, 15) is 4.79 Å². The molecule has 0 unspecified atom stereocenters. The summed E-state index contributed by atoms with van der Waals surface area (Å²) in [4.78, 5) is 12.6. The Morgan fingerprint density at radius 1 is 0.793 bits per heavy atom. The van der Waals surface area contributed by atoms with Crippen LogP contribution in [0, 0.1) is 0 Å². The fourth-order valence-electron chi connectivity index (χ4n) is 3.92. The minimum absolute atomic E-state index is 0.0327. The van der Waals surface area contributed by atoms with Gasteiger partial charge in [0.2, 0.25) is 12.6 Å². The Bertz CT molecular complexity index is 1170. The van der Waals surface area contributed by atoms with Crippen LogP contribution in [-0.2, 0) is 0 Å². The molecule has 148 valence electrons. The van der Waals surface area contributed by atoms with Crippen LogP contribution in [0.25, 0.3) is 21.9 Å². The smallest absolute Gasteiger partial charge is 0.231 e. The summed E-state index contributed by atoms with van der Waals surface area (Å²) in [7, 11) is 4.71. The monoisotopic (exact) mass is 394 g/mol. The normalized spacial score (nSPS) is 14.0. The first kappa shape index (κ1) is 17.5. The molecule has 2 heterocycles. The fourth-order valence-corrected chi connectivity index (χ4v) is 3.92. The highest BCUT2D eigenvalue weighted by molar-refractivity contribution is 6.16. The second-order valence-electron chi connectivity index (χ2n) is 6.65. The van der Waals surface area contributed by atoms with E-state index in [4.69, 9.17) is 28.4 Å². The predicted molar refractivity (Wildman–Crippen MR) is 105 cm³/mol. The van der Waals surface area contributed by atoms with Crippen molar-refractivity contribution >= 4 is 16.6 Å². The first-order valence-electron chi connectivity index (χ1n) is 9.02. The second kappa shape index (κ2) is 6.48. The molecule has 0 aliphatic carbocycles. The average Bonchev–Trinajstić information content (AvgIpc) is 3.36. The zero-order valence-corrected chi connectivity index (χ0v) is 16.2. The van der Waals surface area contributed by atoms with Gasteiger partial charge in [-0.2, -0.15) is 0 Å². The highest BCUT2D eigenvalue weighted by atomic mass is 16.7. The topological polar surface area (TPSA) is 72.5 Å². The van der Waals surface area contributed by atoms with Crippen LogP contribution in [0.3, 0.4) is 0 Å². The SMILES string of the molecule is COc1ccc(-c2c3c(c(OC)c4cc5c(cc24)OCO5)C(=O)CO3)cc1OC. The summed E-state index contributed by atoms with van der Waals surface area (Å²) in [5, 5.41) is 1.57. The third-order valence-electron chi connectivity index (χ3n) is 5.21. The summed E-state index contributed by atoms with van der Waals surface area (Å²) < 4.78 is 33.4. The molecule has 0 radical (unpaired) electrons. The number of ether oxygens (including phenoxy) is 6. The molecule has 0 N–H and O–H groups in total. The Morgan fingerprint density at radius 2 is 1.52 bits per heavy atom. The lowest BCUT2D eigenvalue weighted by Crippen LogP contribution is -2.01. The maximum Gasteiger partial charge on any atom is 0.231 e. The van der Waals surface area contributed by atoms with E-state index in [1.165, 1.54) is 0 Å². The fraction of sp³-hybridized carbons (Fsp3) is 0.227. The third kappa shape index (κ3) is 2.47. The number of ketones is 1. The Balaban J connectivity index is 1.89. The molecule has 0 atom stereocenters. The molecule has 3 aromatic rings.